The van der Waals surface area contributed by atoms with Gasteiger partial charge in [-0.3, -0.25) is 5.92 Å². The maximum atomic E-state index is 5.65. The van der Waals surface area contributed by atoms with Crippen LogP contribution in [0.3, 0.4) is 0 Å². The van der Waals surface area contributed by atoms with Crippen LogP contribution in [0.2, 0.25) is 0 Å². The molecular formula is C16H28N3OU-. The number of rotatable bonds is 8. The number of likely N-dealkylation sites (N-methyl/N-ethyl adjacent to an activating group) is 1. The van der Waals surface area contributed by atoms with Crippen molar-refractivity contribution in [2.45, 2.75) is 40.2 Å². The number of hydroxylamine groups is 1. The number of nitrogens with two attached hydrogens (primary N) is 1. The molecule has 0 spiro atoms. The fourth-order valence-corrected chi connectivity index (χ4v) is 1.64. The molecule has 118 valence electrons. The Hall–Kier alpha value is -0.208. The monoisotopic (exact) mass is 516 g/mol. The molecule has 0 radical (unpaired) electrons. The average Bonchev–Trinajstić information content (AvgIpc) is 2.43. The molecule has 0 fully saturated rings. The Morgan fingerprint density at radius 1 is 1.24 bits per heavy atom. The zero-order chi connectivity index (χ0) is 15.2. The fraction of sp³-hybridized carbons (Fsp3) is 0.562. The Bertz CT molecular complexity index is 393. The standard InChI is InChI=1S/C16H28N3O.U/c1-6-19(12-11-17)14-7-9-15(10-8-14)20-18-16(4,5)13(2)3;/h7-10,18H,6,11-12,17H2,1-5H3;/q-1;. The number of benzene rings is 1. The van der Waals surface area contributed by atoms with E-state index in [0.717, 1.165) is 18.8 Å². The normalized spacial score (nSPS) is 11.2. The second-order valence-corrected chi connectivity index (χ2v) is 5.69. The summed E-state index contributed by atoms with van der Waals surface area (Å²) < 4.78 is 0. The number of anilines is 1. The van der Waals surface area contributed by atoms with E-state index in [2.05, 4.69) is 57.1 Å². The van der Waals surface area contributed by atoms with Crippen molar-refractivity contribution in [1.29, 1.82) is 0 Å². The quantitative estimate of drug-likeness (QED) is 0.412. The molecule has 0 amide bonds. The molecule has 3 N–H and O–H groups in total. The Morgan fingerprint density at radius 2 is 1.81 bits per heavy atom. The number of hydrogen-bond donors (Lipinski definition) is 2. The van der Waals surface area contributed by atoms with E-state index in [4.69, 9.17) is 10.6 Å². The SMILES string of the molecule is CCN(CCN)c1ccc(ONC(C)(C)[C-](C)C)cc1.[U]. The van der Waals surface area contributed by atoms with Gasteiger partial charge in [0.1, 0.15) is 5.75 Å². The summed E-state index contributed by atoms with van der Waals surface area (Å²) in [6, 6.07) is 8.07. The Kier molecular flexibility index (Phi) is 9.64. The van der Waals surface area contributed by atoms with E-state index in [1.807, 2.05) is 12.1 Å². The molecule has 0 aliphatic carbocycles. The first kappa shape index (κ1) is 20.8. The summed E-state index contributed by atoms with van der Waals surface area (Å²) in [5.41, 5.74) is 9.73. The third-order valence-electron chi connectivity index (χ3n) is 3.66. The third-order valence-corrected chi connectivity index (χ3v) is 3.66. The van der Waals surface area contributed by atoms with Gasteiger partial charge in [-0.15, -0.1) is 0 Å². The molecule has 1 aromatic carbocycles. The first-order valence-corrected chi connectivity index (χ1v) is 7.20. The van der Waals surface area contributed by atoms with Gasteiger partial charge in [-0.1, -0.05) is 19.4 Å². The van der Waals surface area contributed by atoms with Crippen molar-refractivity contribution >= 4 is 5.69 Å². The van der Waals surface area contributed by atoms with Crippen LogP contribution in [0.4, 0.5) is 5.69 Å². The Morgan fingerprint density at radius 3 is 2.24 bits per heavy atom. The van der Waals surface area contributed by atoms with Gasteiger partial charge in [0, 0.05) is 56.4 Å². The van der Waals surface area contributed by atoms with Crippen LogP contribution in [-0.4, -0.2) is 25.2 Å². The van der Waals surface area contributed by atoms with E-state index in [-0.39, 0.29) is 36.7 Å². The maximum absolute atomic E-state index is 5.65. The van der Waals surface area contributed by atoms with Crippen molar-refractivity contribution in [3.8, 4) is 5.75 Å². The molecule has 0 atom stereocenters. The van der Waals surface area contributed by atoms with E-state index < -0.39 is 0 Å². The molecule has 0 saturated carbocycles. The summed E-state index contributed by atoms with van der Waals surface area (Å²) >= 11 is 0. The number of nitrogens with zero attached hydrogens (tertiary/aromatic N) is 1. The van der Waals surface area contributed by atoms with Gasteiger partial charge in [-0.05, 0) is 31.2 Å². The summed E-state index contributed by atoms with van der Waals surface area (Å²) in [5.74, 6) is 2.08. The first-order chi connectivity index (χ1) is 9.40. The number of hydrogen-bond acceptors (Lipinski definition) is 4. The van der Waals surface area contributed by atoms with Crippen LogP contribution in [-0.2, 0) is 0 Å². The van der Waals surface area contributed by atoms with E-state index in [1.165, 1.54) is 11.6 Å². The van der Waals surface area contributed by atoms with E-state index in [9.17, 15) is 0 Å². The van der Waals surface area contributed by atoms with Gasteiger partial charge in [-0.2, -0.15) is 19.3 Å². The zero-order valence-corrected chi connectivity index (χ0v) is 18.0. The van der Waals surface area contributed by atoms with Crippen LogP contribution < -0.4 is 21.0 Å². The van der Waals surface area contributed by atoms with Crippen LogP contribution in [0.1, 0.15) is 34.6 Å². The minimum atomic E-state index is -0.145. The van der Waals surface area contributed by atoms with Gasteiger partial charge in [0.25, 0.3) is 0 Å². The van der Waals surface area contributed by atoms with Crippen LogP contribution >= 0.6 is 0 Å². The summed E-state index contributed by atoms with van der Waals surface area (Å²) in [6.45, 7) is 13.0. The first-order valence-electron chi connectivity index (χ1n) is 7.20. The van der Waals surface area contributed by atoms with Crippen molar-refractivity contribution in [3.05, 3.63) is 30.2 Å². The fourth-order valence-electron chi connectivity index (χ4n) is 1.64. The molecule has 0 aliphatic rings. The van der Waals surface area contributed by atoms with Crippen molar-refractivity contribution in [2.24, 2.45) is 5.73 Å². The molecule has 1 aromatic rings. The molecule has 0 aliphatic heterocycles. The van der Waals surface area contributed by atoms with Crippen molar-refractivity contribution in [3.63, 3.8) is 0 Å². The summed E-state index contributed by atoms with van der Waals surface area (Å²) in [5, 5.41) is 0. The molecule has 21 heavy (non-hydrogen) atoms. The molecule has 0 heterocycles. The van der Waals surface area contributed by atoms with Gasteiger partial charge < -0.3 is 15.5 Å². The molecular weight excluding hydrogens is 488 g/mol. The van der Waals surface area contributed by atoms with Crippen LogP contribution in [0.5, 0.6) is 5.75 Å². The Labute approximate surface area is 153 Å². The second-order valence-electron chi connectivity index (χ2n) is 5.69. The van der Waals surface area contributed by atoms with Crippen molar-refractivity contribution < 1.29 is 36.0 Å². The predicted molar refractivity (Wildman–Crippen MR) is 85.8 cm³/mol. The molecule has 1 rings (SSSR count). The molecule has 4 nitrogen and oxygen atoms in total. The van der Waals surface area contributed by atoms with Gasteiger partial charge in [0.15, 0.2) is 0 Å². The molecule has 0 saturated heterocycles. The molecule has 5 heteroatoms. The Balaban J connectivity index is 0.00000400. The summed E-state index contributed by atoms with van der Waals surface area (Å²) in [6.07, 6.45) is 0. The second kappa shape index (κ2) is 9.74. The minimum Gasteiger partial charge on any atom is -0.411 e. The third kappa shape index (κ3) is 6.61. The summed E-state index contributed by atoms with van der Waals surface area (Å²) in [4.78, 5) is 7.89. The van der Waals surface area contributed by atoms with Crippen LogP contribution in [0.15, 0.2) is 24.3 Å². The van der Waals surface area contributed by atoms with E-state index in [1.54, 1.807) is 0 Å². The molecule has 0 bridgehead atoms. The predicted octanol–water partition coefficient (Wildman–Crippen LogP) is 2.75. The van der Waals surface area contributed by atoms with Gasteiger partial charge in [-0.25, -0.2) is 0 Å². The van der Waals surface area contributed by atoms with E-state index >= 15 is 0 Å². The van der Waals surface area contributed by atoms with Crippen LogP contribution in [0, 0.1) is 37.0 Å². The van der Waals surface area contributed by atoms with Gasteiger partial charge in [0.2, 0.25) is 0 Å². The topological polar surface area (TPSA) is 50.5 Å². The average molecular weight is 516 g/mol. The maximum Gasteiger partial charge on any atom is 0.147 e. The van der Waals surface area contributed by atoms with Crippen molar-refractivity contribution in [2.75, 3.05) is 24.5 Å². The van der Waals surface area contributed by atoms with Gasteiger partial charge >= 0.3 is 0 Å². The summed E-state index contributed by atoms with van der Waals surface area (Å²) in [7, 11) is 0. The van der Waals surface area contributed by atoms with Gasteiger partial charge in [0.05, 0.1) is 0 Å². The van der Waals surface area contributed by atoms with E-state index in [0.29, 0.717) is 6.54 Å². The van der Waals surface area contributed by atoms with Crippen LogP contribution in [0.25, 0.3) is 0 Å². The zero-order valence-electron chi connectivity index (χ0n) is 13.9. The molecule has 0 aromatic heterocycles. The number of nitrogens with one attached hydrogen (secondary N) is 1. The molecule has 0 unspecified atom stereocenters. The minimum absolute atomic E-state index is 0. The van der Waals surface area contributed by atoms with Crippen molar-refractivity contribution in [1.82, 2.24) is 5.48 Å². The largest absolute Gasteiger partial charge is 0.411 e. The smallest absolute Gasteiger partial charge is 0.147 e.